The molecule has 0 aromatic heterocycles. The first-order chi connectivity index (χ1) is 65.7. The maximum absolute atomic E-state index is 12.0. The van der Waals surface area contributed by atoms with Crippen molar-refractivity contribution in [3.63, 3.8) is 0 Å². The lowest BCUT2D eigenvalue weighted by Crippen LogP contribution is -2.29. The van der Waals surface area contributed by atoms with Gasteiger partial charge in [-0.15, -0.1) is 0 Å². The fraction of sp³-hybridized carbons (Fsp3) is 0.562. The summed E-state index contributed by atoms with van der Waals surface area (Å²) in [6.07, 6.45) is 4.96. The van der Waals surface area contributed by atoms with E-state index in [4.69, 9.17) is 37.9 Å². The van der Waals surface area contributed by atoms with E-state index in [9.17, 15) is 38.4 Å². The smallest absolute Gasteiger partial charge is 0.160 e. The second-order valence-electron chi connectivity index (χ2n) is 49.9. The van der Waals surface area contributed by atoms with E-state index in [1.807, 2.05) is 133 Å². The summed E-state index contributed by atoms with van der Waals surface area (Å²) in [7, 11) is 0. The van der Waals surface area contributed by atoms with E-state index >= 15 is 0 Å². The molecular formula is C128H176O16. The van der Waals surface area contributed by atoms with Gasteiger partial charge in [-0.25, -0.2) is 0 Å². The number of Topliss-reactive ketones (excluding diaryl/α,β-unsaturated/α-hetero) is 4. The lowest BCUT2D eigenvalue weighted by atomic mass is 9.74. The number of fused-ring (bicyclic) bond motifs is 8. The highest BCUT2D eigenvalue weighted by Gasteiger charge is 2.51. The van der Waals surface area contributed by atoms with Gasteiger partial charge in [-0.05, 0) is 328 Å². The number of ether oxygens (including phenoxy) is 8. The molecule has 0 spiro atoms. The van der Waals surface area contributed by atoms with Crippen molar-refractivity contribution in [2.45, 2.75) is 475 Å². The molecule has 8 aliphatic rings. The predicted molar refractivity (Wildman–Crippen MR) is 590 cm³/mol. The number of aryl methyl sites for hydroxylation is 2. The fourth-order valence-corrected chi connectivity index (χ4v) is 22.9. The van der Waals surface area contributed by atoms with Crippen LogP contribution in [0.1, 0.15) is 502 Å². The van der Waals surface area contributed by atoms with Gasteiger partial charge in [0.1, 0.15) is 114 Å². The van der Waals surface area contributed by atoms with E-state index in [-0.39, 0.29) is 126 Å². The fourth-order valence-electron chi connectivity index (χ4n) is 22.9. The van der Waals surface area contributed by atoms with Crippen LogP contribution in [0.25, 0.3) is 0 Å². The quantitative estimate of drug-likeness (QED) is 0.0920. The molecule has 8 aromatic carbocycles. The van der Waals surface area contributed by atoms with Gasteiger partial charge in [-0.3, -0.25) is 38.4 Å². The van der Waals surface area contributed by atoms with Crippen molar-refractivity contribution in [3.8, 4) is 46.0 Å². The topological polar surface area (TPSA) is 210 Å². The highest BCUT2D eigenvalue weighted by Crippen LogP contribution is 2.58. The van der Waals surface area contributed by atoms with Crippen LogP contribution in [0, 0.1) is 96.9 Å². The molecule has 0 fully saturated rings. The van der Waals surface area contributed by atoms with Gasteiger partial charge in [0.05, 0.1) is 0 Å². The number of carbonyl (C=O) groups excluding carboxylic acids is 8. The van der Waals surface area contributed by atoms with Crippen molar-refractivity contribution in [3.05, 3.63) is 226 Å². The minimum Gasteiger partial charge on any atom is -0.489 e. The van der Waals surface area contributed by atoms with Crippen LogP contribution in [0.2, 0.25) is 0 Å². The number of hydrogen-bond donors (Lipinski definition) is 0. The number of rotatable bonds is 10. The van der Waals surface area contributed by atoms with E-state index < -0.39 is 0 Å². The van der Waals surface area contributed by atoms with Gasteiger partial charge >= 0.3 is 0 Å². The van der Waals surface area contributed by atoms with Crippen LogP contribution in [-0.2, 0) is 54.1 Å². The molecule has 0 amide bonds. The van der Waals surface area contributed by atoms with Crippen molar-refractivity contribution >= 4 is 48.3 Å². The van der Waals surface area contributed by atoms with Gasteiger partial charge in [0.15, 0.2) is 29.4 Å². The Kier molecular flexibility index (Phi) is 33.6. The SMILES string of the molecule is CC(=O)c1c(C)c(C)c2c(c1C)C(C)(C)C(C)O2.CC(=O)c1cc(C(C)(C)C)c2c(c1C)C(C)(C)C(C)O2.CC(=O)c1cc(C(C)C)c2c(c1C)C(C)(C)C(C)O2.CC(=O)c1cc(C)c2c(c1C)C(C)(C)C(C)O2.Cc1c(C)c2c(c(C)c1C=O)C(C)(C)C(C)O2.Cc1c(C=O)cc(C(C)(C)C)c2c1C(C)(C)C(C)O2.Cc1c(C=O)cc(C(C)C)c2c1C(C)(C)C(C)O2.Cc1cc(C=O)c(C)c2c1OC(C)C2(C)C. The second-order valence-corrected chi connectivity index (χ2v) is 49.9. The van der Waals surface area contributed by atoms with Gasteiger partial charge in [0.25, 0.3) is 0 Å². The van der Waals surface area contributed by atoms with Gasteiger partial charge in [0.2, 0.25) is 0 Å². The zero-order chi connectivity index (χ0) is 110. The van der Waals surface area contributed by atoms with Gasteiger partial charge < -0.3 is 37.9 Å². The number of hydrogen-bond acceptors (Lipinski definition) is 16. The standard InChI is InChI=1S/C18H26O2.2C17H24O2.2C16H22O2.2C15H20O2.C14H18O2/c1-10-13(11(2)19)9-14(17(4,5)6)16-15(10)18(7,8)12(3)20-16;1-10-12(9-18)8-13(16(3,4)5)15-14(10)17(6,7)11(2)19-15;1-9(2)13-8-14(11(4)18)10(3)15-16(13)19-12(5)17(15,6)7;1-9(2)13-7-12(8-17)10(3)14-15(13)18-11(4)16(14,5)6;1-8-9(2)15-14(10(3)13(8)11(4)17)16(6,7)12(5)18-15;1-8-9(2)14-13(10(3)12(8)7-16)15(5,6)11(4)17-14;1-8-7-12(10(3)16)9(2)13-14(8)17-11(4)15(13,5)6;1-8-6-11(7-15)9(2)12-13(8)16-10(3)14(12,4)5/h9,12H,1-8H3;8-9,11H,1-7H3;8-9,12H,1-7H3;7-9,11H,1-6H3;12H,1-7H3;2*7,11H,1-6H3;6-7,10H,1-5H3. The summed E-state index contributed by atoms with van der Waals surface area (Å²) in [5.74, 6) is 9.19. The molecule has 0 radical (unpaired) electrons. The number of aldehydes is 4. The molecule has 0 aliphatic carbocycles. The highest BCUT2D eigenvalue weighted by atomic mass is 16.5. The normalized spacial score (nSPS) is 20.8. The van der Waals surface area contributed by atoms with Crippen LogP contribution in [0.4, 0.5) is 0 Å². The molecule has 8 heterocycles. The molecule has 0 N–H and O–H groups in total. The van der Waals surface area contributed by atoms with E-state index in [0.717, 1.165) is 216 Å². The van der Waals surface area contributed by atoms with Crippen molar-refractivity contribution < 1.29 is 76.3 Å². The molecule has 0 bridgehead atoms. The van der Waals surface area contributed by atoms with E-state index in [2.05, 4.69) is 235 Å². The zero-order valence-corrected chi connectivity index (χ0v) is 98.1. The molecule has 0 saturated heterocycles. The minimum absolute atomic E-state index is 0.0246. The first kappa shape index (κ1) is 117. The molecular weight excluding hydrogens is 1790 g/mol. The summed E-state index contributed by atoms with van der Waals surface area (Å²) in [5.41, 5.74) is 35.4. The minimum atomic E-state index is -0.0646. The average molecular weight is 1970 g/mol. The third-order valence-corrected chi connectivity index (χ3v) is 34.8. The Morgan fingerprint density at radius 1 is 0.257 bits per heavy atom. The van der Waals surface area contributed by atoms with Gasteiger partial charge in [-0.2, -0.15) is 0 Å². The zero-order valence-electron chi connectivity index (χ0n) is 98.1. The largest absolute Gasteiger partial charge is 0.489 e. The van der Waals surface area contributed by atoms with E-state index in [1.165, 1.54) is 44.5 Å². The molecule has 16 rings (SSSR count). The summed E-state index contributed by atoms with van der Waals surface area (Å²) in [5, 5.41) is 0. The van der Waals surface area contributed by atoms with Crippen molar-refractivity contribution in [2.24, 2.45) is 0 Å². The first-order valence-corrected chi connectivity index (χ1v) is 52.2. The molecule has 16 nitrogen and oxygen atoms in total. The van der Waals surface area contributed by atoms with Crippen LogP contribution in [0.5, 0.6) is 46.0 Å². The summed E-state index contributed by atoms with van der Waals surface area (Å²) in [6.45, 7) is 108. The molecule has 0 saturated carbocycles. The summed E-state index contributed by atoms with van der Waals surface area (Å²) in [6, 6.07) is 11.9. The van der Waals surface area contributed by atoms with Crippen molar-refractivity contribution in [1.29, 1.82) is 0 Å². The maximum atomic E-state index is 12.0. The summed E-state index contributed by atoms with van der Waals surface area (Å²) >= 11 is 0. The lowest BCUT2D eigenvalue weighted by Gasteiger charge is -2.26. The van der Waals surface area contributed by atoms with Gasteiger partial charge in [0, 0.05) is 143 Å². The van der Waals surface area contributed by atoms with Crippen LogP contribution < -0.4 is 37.9 Å². The van der Waals surface area contributed by atoms with Crippen LogP contribution in [0.15, 0.2) is 36.4 Å². The Hall–Kier alpha value is -10.5. The molecule has 16 heteroatoms. The molecule has 8 aromatic rings. The van der Waals surface area contributed by atoms with Crippen molar-refractivity contribution in [2.75, 3.05) is 0 Å². The number of ketones is 4. The van der Waals surface area contributed by atoms with Crippen LogP contribution in [-0.4, -0.2) is 97.1 Å². The Labute approximate surface area is 865 Å². The Morgan fingerprint density at radius 3 is 0.812 bits per heavy atom. The summed E-state index contributed by atoms with van der Waals surface area (Å²) < 4.78 is 48.4. The van der Waals surface area contributed by atoms with Crippen molar-refractivity contribution in [1.82, 2.24) is 0 Å². The highest BCUT2D eigenvalue weighted by molar-refractivity contribution is 6.00. The molecule has 8 aliphatic heterocycles. The van der Waals surface area contributed by atoms with Crippen LogP contribution in [0.3, 0.4) is 0 Å². The van der Waals surface area contributed by atoms with Crippen LogP contribution >= 0.6 is 0 Å². The first-order valence-electron chi connectivity index (χ1n) is 52.2. The molecule has 784 valence electrons. The monoisotopic (exact) mass is 1970 g/mol. The third kappa shape index (κ3) is 20.6. The maximum Gasteiger partial charge on any atom is 0.160 e. The Morgan fingerprint density at radius 2 is 0.493 bits per heavy atom. The Bertz CT molecular complexity index is 6450. The lowest BCUT2D eigenvalue weighted by molar-refractivity contribution is 0.100. The van der Waals surface area contributed by atoms with Gasteiger partial charge in [-0.1, -0.05) is 180 Å². The Balaban J connectivity index is 0.000000183. The molecule has 8 unspecified atom stereocenters. The molecule has 8 atom stereocenters. The summed E-state index contributed by atoms with van der Waals surface area (Å²) in [4.78, 5) is 92.3. The number of benzene rings is 8. The average Bonchev–Trinajstić information content (AvgIpc) is 1.58. The third-order valence-electron chi connectivity index (χ3n) is 34.8. The second kappa shape index (κ2) is 41.3. The molecule has 144 heavy (non-hydrogen) atoms. The number of carbonyl (C=O) groups is 8. The van der Waals surface area contributed by atoms with E-state index in [0.29, 0.717) is 11.8 Å². The van der Waals surface area contributed by atoms with E-state index in [1.54, 1.807) is 27.7 Å². The predicted octanol–water partition coefficient (Wildman–Crippen LogP) is 31.2.